The van der Waals surface area contributed by atoms with Crippen LogP contribution in [0.2, 0.25) is 0 Å². The van der Waals surface area contributed by atoms with Gasteiger partial charge >= 0.3 is 6.09 Å². The van der Waals surface area contributed by atoms with E-state index in [4.69, 9.17) is 0 Å². The highest BCUT2D eigenvalue weighted by atomic mass is 32.1. The van der Waals surface area contributed by atoms with Crippen LogP contribution in [-0.2, 0) is 11.3 Å². The molecule has 1 fully saturated rings. The lowest BCUT2D eigenvalue weighted by atomic mass is 9.85. The van der Waals surface area contributed by atoms with E-state index in [-0.39, 0.29) is 18.9 Å². The molecule has 3 rings (SSSR count). The zero-order chi connectivity index (χ0) is 24.3. The number of aryl methyl sites for hydroxylation is 1. The van der Waals surface area contributed by atoms with Gasteiger partial charge in [-0.25, -0.2) is 9.78 Å². The second kappa shape index (κ2) is 10.2. The second-order valence-electron chi connectivity index (χ2n) is 9.46. The van der Waals surface area contributed by atoms with Crippen molar-refractivity contribution in [3.63, 3.8) is 0 Å². The molecule has 2 amide bonds. The number of amides is 2. The number of benzene rings is 1. The van der Waals surface area contributed by atoms with E-state index >= 15 is 0 Å². The van der Waals surface area contributed by atoms with Crippen LogP contribution in [0, 0.1) is 12.3 Å². The highest BCUT2D eigenvalue weighted by Crippen LogP contribution is 2.33. The fourth-order valence-electron chi connectivity index (χ4n) is 4.19. The van der Waals surface area contributed by atoms with Gasteiger partial charge in [0.2, 0.25) is 5.91 Å². The molecule has 10 heteroatoms. The molecule has 4 atom stereocenters. The van der Waals surface area contributed by atoms with Gasteiger partial charge in [-0.05, 0) is 24.3 Å². The van der Waals surface area contributed by atoms with Crippen LogP contribution in [0.5, 0.6) is 0 Å². The quantitative estimate of drug-likeness (QED) is 0.483. The fraction of sp³-hybridized carbons (Fsp3) is 0.522. The molecule has 0 aliphatic carbocycles. The first-order chi connectivity index (χ1) is 15.5. The van der Waals surface area contributed by atoms with Crippen molar-refractivity contribution in [3.8, 4) is 0 Å². The molecule has 1 aromatic heterocycles. The summed E-state index contributed by atoms with van der Waals surface area (Å²) < 4.78 is 0. The number of anilines is 1. The molecule has 0 spiro atoms. The van der Waals surface area contributed by atoms with E-state index in [9.17, 15) is 24.9 Å². The van der Waals surface area contributed by atoms with Crippen LogP contribution >= 0.6 is 11.3 Å². The molecular weight excluding hydrogens is 444 g/mol. The van der Waals surface area contributed by atoms with Gasteiger partial charge in [0, 0.05) is 6.54 Å². The molecule has 1 aromatic carbocycles. The number of hydrogen-bond acceptors (Lipinski definition) is 7. The summed E-state index contributed by atoms with van der Waals surface area (Å²) in [6.45, 7) is 7.63. The van der Waals surface area contributed by atoms with Crippen LogP contribution < -0.4 is 10.2 Å². The van der Waals surface area contributed by atoms with E-state index in [1.165, 1.54) is 16.2 Å². The van der Waals surface area contributed by atoms with Gasteiger partial charge in [0.05, 0.1) is 35.9 Å². The topological polar surface area (TPSA) is 126 Å². The normalized spacial score (nSPS) is 20.9. The highest BCUT2D eigenvalue weighted by Gasteiger charge is 2.46. The van der Waals surface area contributed by atoms with Crippen molar-refractivity contribution < 1.29 is 24.9 Å². The average Bonchev–Trinajstić information content (AvgIpc) is 3.34. The Balaban J connectivity index is 1.93. The molecule has 1 unspecified atom stereocenters. The Bertz CT molecular complexity index is 961. The first-order valence-corrected chi connectivity index (χ1v) is 11.7. The Labute approximate surface area is 197 Å². The van der Waals surface area contributed by atoms with Crippen molar-refractivity contribution >= 4 is 28.3 Å². The van der Waals surface area contributed by atoms with Crippen molar-refractivity contribution in [2.45, 2.75) is 65.1 Å². The van der Waals surface area contributed by atoms with E-state index in [1.807, 2.05) is 58.0 Å². The number of aromatic nitrogens is 1. The number of aliphatic hydroxyl groups excluding tert-OH is 2. The first-order valence-electron chi connectivity index (χ1n) is 10.9. The molecule has 1 aliphatic rings. The predicted molar refractivity (Wildman–Crippen MR) is 126 cm³/mol. The van der Waals surface area contributed by atoms with E-state index in [1.54, 1.807) is 10.4 Å². The molecule has 180 valence electrons. The summed E-state index contributed by atoms with van der Waals surface area (Å²) in [4.78, 5) is 32.7. The number of rotatable bonds is 7. The number of hydrogen-bond donors (Lipinski definition) is 4. The molecule has 0 bridgehead atoms. The molecule has 4 N–H and O–H groups in total. The summed E-state index contributed by atoms with van der Waals surface area (Å²) in [5, 5.41) is 34.0. The van der Waals surface area contributed by atoms with Crippen molar-refractivity contribution in [1.82, 2.24) is 15.2 Å². The van der Waals surface area contributed by atoms with E-state index in [0.717, 1.165) is 11.3 Å². The number of aliphatic hydroxyl groups is 2. The monoisotopic (exact) mass is 476 g/mol. The molecule has 0 saturated carbocycles. The highest BCUT2D eigenvalue weighted by molar-refractivity contribution is 7.14. The number of nitrogens with one attached hydrogen (secondary N) is 1. The lowest BCUT2D eigenvalue weighted by molar-refractivity contribution is -0.129. The summed E-state index contributed by atoms with van der Waals surface area (Å²) in [6.07, 6.45) is -3.24. The molecular formula is C23H32N4O5S. The lowest BCUT2D eigenvalue weighted by Gasteiger charge is -2.40. The van der Waals surface area contributed by atoms with E-state index in [0.29, 0.717) is 11.5 Å². The molecule has 1 aliphatic heterocycles. The maximum absolute atomic E-state index is 13.9. The Hall–Kier alpha value is -2.53. The van der Waals surface area contributed by atoms with Crippen LogP contribution in [0.4, 0.5) is 9.80 Å². The van der Waals surface area contributed by atoms with E-state index in [2.05, 4.69) is 10.3 Å². The van der Waals surface area contributed by atoms with Crippen molar-refractivity contribution in [2.75, 3.05) is 11.4 Å². The van der Waals surface area contributed by atoms with Crippen LogP contribution in [0.3, 0.4) is 0 Å². The Kier molecular flexibility index (Phi) is 7.73. The molecule has 2 aromatic rings. The number of β-amino-alcohol motifs (C(OH)–C–C–N with tert-alkyl or cyclic N) is 1. The zero-order valence-electron chi connectivity index (χ0n) is 19.3. The lowest BCUT2D eigenvalue weighted by Crippen LogP contribution is -2.60. The summed E-state index contributed by atoms with van der Waals surface area (Å²) in [5.41, 5.74) is 2.70. The predicted octanol–water partition coefficient (Wildman–Crippen LogP) is 2.42. The third-order valence-electron chi connectivity index (χ3n) is 5.87. The van der Waals surface area contributed by atoms with Gasteiger partial charge < -0.3 is 20.6 Å². The minimum Gasteiger partial charge on any atom is -0.465 e. The second-order valence-corrected chi connectivity index (χ2v) is 10.3. The number of carbonyl (C=O) groups excluding carboxylic acids is 1. The molecule has 33 heavy (non-hydrogen) atoms. The van der Waals surface area contributed by atoms with E-state index < -0.39 is 35.9 Å². The van der Waals surface area contributed by atoms with Gasteiger partial charge in [-0.15, -0.1) is 11.3 Å². The maximum atomic E-state index is 13.9. The summed E-state index contributed by atoms with van der Waals surface area (Å²) in [7, 11) is 0. The first kappa shape index (κ1) is 25.1. The zero-order valence-corrected chi connectivity index (χ0v) is 20.1. The smallest absolute Gasteiger partial charge is 0.405 e. The van der Waals surface area contributed by atoms with Crippen molar-refractivity contribution in [1.29, 1.82) is 0 Å². The summed E-state index contributed by atoms with van der Waals surface area (Å²) >= 11 is 1.35. The Morgan fingerprint density at radius 3 is 2.52 bits per heavy atom. The fourth-order valence-corrected chi connectivity index (χ4v) is 5.00. The third-order valence-corrected chi connectivity index (χ3v) is 6.82. The number of carbonyl (C=O) groups is 2. The largest absolute Gasteiger partial charge is 0.465 e. The SMILES string of the molecule is Cc1ncsc1N(Cc1ccccc1)C(=O)[C@@H]1C[C@@H](O)CN1[C@@H](O)C(NC(=O)O)C(C)(C)C. The standard InChI is InChI=1S/C23H32N4O5S/c1-14-21(33-13-24-14)27(11-15-8-6-5-7-9-15)19(29)17-10-16(28)12-26(17)20(30)18(23(2,3)4)25-22(31)32/h5-9,13,16-18,20,25,28,30H,10-12H2,1-4H3,(H,31,32)/t16-,17+,18?,20+/m1/s1. The minimum absolute atomic E-state index is 0.0618. The molecule has 0 radical (unpaired) electrons. The number of thiazole rings is 1. The average molecular weight is 477 g/mol. The number of likely N-dealkylation sites (tertiary alicyclic amines) is 1. The van der Waals surface area contributed by atoms with Crippen LogP contribution in [0.15, 0.2) is 35.8 Å². The van der Waals surface area contributed by atoms with Crippen LogP contribution in [0.1, 0.15) is 38.4 Å². The number of carboxylic acid groups (broad SMARTS) is 1. The van der Waals surface area contributed by atoms with Gasteiger partial charge in [-0.3, -0.25) is 14.6 Å². The van der Waals surface area contributed by atoms with Gasteiger partial charge in [-0.1, -0.05) is 51.1 Å². The Morgan fingerprint density at radius 2 is 1.97 bits per heavy atom. The summed E-state index contributed by atoms with van der Waals surface area (Å²) in [5.74, 6) is -0.273. The van der Waals surface area contributed by atoms with Crippen LogP contribution in [-0.4, -0.2) is 68.2 Å². The summed E-state index contributed by atoms with van der Waals surface area (Å²) in [6, 6.07) is 7.87. The maximum Gasteiger partial charge on any atom is 0.405 e. The van der Waals surface area contributed by atoms with Crippen LogP contribution in [0.25, 0.3) is 0 Å². The molecule has 1 saturated heterocycles. The third kappa shape index (κ3) is 5.89. The number of nitrogens with zero attached hydrogens (tertiary/aromatic N) is 3. The Morgan fingerprint density at radius 1 is 1.30 bits per heavy atom. The van der Waals surface area contributed by atoms with Gasteiger partial charge in [0.15, 0.2) is 0 Å². The van der Waals surface area contributed by atoms with Gasteiger partial charge in [-0.2, -0.15) is 0 Å². The van der Waals surface area contributed by atoms with Crippen molar-refractivity contribution in [2.24, 2.45) is 5.41 Å². The molecule has 9 nitrogen and oxygen atoms in total. The van der Waals surface area contributed by atoms with Gasteiger partial charge in [0.1, 0.15) is 11.2 Å². The minimum atomic E-state index is -1.30. The van der Waals surface area contributed by atoms with Crippen molar-refractivity contribution in [3.05, 3.63) is 47.1 Å². The molecule has 2 heterocycles. The van der Waals surface area contributed by atoms with Gasteiger partial charge in [0.25, 0.3) is 0 Å².